The second kappa shape index (κ2) is 5.45. The van der Waals surface area contributed by atoms with Crippen LogP contribution in [0.25, 0.3) is 0 Å². The smallest absolute Gasteiger partial charge is 0.133 e. The lowest BCUT2D eigenvalue weighted by Gasteiger charge is -2.23. The molecule has 1 aliphatic carbocycles. The van der Waals surface area contributed by atoms with Crippen molar-refractivity contribution in [3.8, 4) is 0 Å². The van der Waals surface area contributed by atoms with Crippen LogP contribution >= 0.6 is 0 Å². The van der Waals surface area contributed by atoms with E-state index in [1.807, 2.05) is 6.92 Å². The van der Waals surface area contributed by atoms with Gasteiger partial charge in [0.1, 0.15) is 12.1 Å². The Labute approximate surface area is 102 Å². The van der Waals surface area contributed by atoms with Crippen LogP contribution in [0.2, 0.25) is 0 Å². The fourth-order valence-electron chi connectivity index (χ4n) is 2.16. The zero-order chi connectivity index (χ0) is 12.3. The molecule has 0 radical (unpaired) electrons. The minimum absolute atomic E-state index is 0.196. The number of nitrogens with zero attached hydrogens (tertiary/aromatic N) is 2. The zero-order valence-electron chi connectivity index (χ0n) is 10.6. The number of aromatic nitrogens is 2. The van der Waals surface area contributed by atoms with E-state index in [2.05, 4.69) is 22.2 Å². The van der Waals surface area contributed by atoms with Crippen LogP contribution in [0.3, 0.4) is 0 Å². The summed E-state index contributed by atoms with van der Waals surface area (Å²) in [5.41, 5.74) is 2.47. The Bertz CT molecular complexity index is 381. The molecule has 2 rings (SSSR count). The van der Waals surface area contributed by atoms with Crippen molar-refractivity contribution >= 4 is 5.82 Å². The fourth-order valence-corrected chi connectivity index (χ4v) is 2.16. The van der Waals surface area contributed by atoms with Crippen LogP contribution in [0.4, 0.5) is 5.82 Å². The minimum Gasteiger partial charge on any atom is -0.396 e. The molecule has 0 spiro atoms. The van der Waals surface area contributed by atoms with Crippen molar-refractivity contribution in [2.45, 2.75) is 45.6 Å². The van der Waals surface area contributed by atoms with Crippen LogP contribution in [-0.2, 0) is 12.8 Å². The molecule has 17 heavy (non-hydrogen) atoms. The molecule has 0 bridgehead atoms. The normalized spacial score (nSPS) is 18.3. The van der Waals surface area contributed by atoms with Crippen molar-refractivity contribution in [1.82, 2.24) is 9.97 Å². The third-order valence-corrected chi connectivity index (χ3v) is 3.63. The highest BCUT2D eigenvalue weighted by Crippen LogP contribution is 2.25. The van der Waals surface area contributed by atoms with E-state index in [9.17, 15) is 0 Å². The summed E-state index contributed by atoms with van der Waals surface area (Å²) in [6, 6.07) is 0.223. The van der Waals surface area contributed by atoms with Crippen LogP contribution < -0.4 is 5.32 Å². The average Bonchev–Trinajstić information content (AvgIpc) is 2.38. The molecule has 4 nitrogen and oxygen atoms in total. The Kier molecular flexibility index (Phi) is 3.94. The first-order chi connectivity index (χ1) is 8.22. The number of rotatable bonds is 4. The molecule has 94 valence electrons. The van der Waals surface area contributed by atoms with Crippen LogP contribution in [0.1, 0.15) is 37.9 Å². The maximum Gasteiger partial charge on any atom is 0.133 e. The third kappa shape index (κ3) is 2.75. The molecule has 0 amide bonds. The van der Waals surface area contributed by atoms with Gasteiger partial charge in [-0.1, -0.05) is 6.92 Å². The summed E-state index contributed by atoms with van der Waals surface area (Å²) >= 11 is 0. The summed E-state index contributed by atoms with van der Waals surface area (Å²) in [6.07, 6.45) is 6.23. The van der Waals surface area contributed by atoms with Gasteiger partial charge in [-0.05, 0) is 38.5 Å². The zero-order valence-corrected chi connectivity index (χ0v) is 10.6. The van der Waals surface area contributed by atoms with E-state index in [-0.39, 0.29) is 18.6 Å². The summed E-state index contributed by atoms with van der Waals surface area (Å²) in [7, 11) is 0. The Morgan fingerprint density at radius 3 is 2.82 bits per heavy atom. The topological polar surface area (TPSA) is 58.0 Å². The molecular formula is C13H21N3O. The van der Waals surface area contributed by atoms with Gasteiger partial charge in [0, 0.05) is 23.9 Å². The van der Waals surface area contributed by atoms with E-state index in [4.69, 9.17) is 5.11 Å². The summed E-state index contributed by atoms with van der Waals surface area (Å²) in [4.78, 5) is 8.70. The second-order valence-electron chi connectivity index (χ2n) is 4.95. The van der Waals surface area contributed by atoms with Crippen molar-refractivity contribution in [1.29, 1.82) is 0 Å². The highest BCUT2D eigenvalue weighted by Gasteiger charge is 2.18. The van der Waals surface area contributed by atoms with E-state index in [1.165, 1.54) is 24.1 Å². The lowest BCUT2D eigenvalue weighted by molar-refractivity contribution is 0.226. The number of anilines is 1. The molecule has 2 unspecified atom stereocenters. The molecule has 1 aromatic heterocycles. The fraction of sp³-hybridized carbons (Fsp3) is 0.692. The third-order valence-electron chi connectivity index (χ3n) is 3.63. The van der Waals surface area contributed by atoms with Gasteiger partial charge >= 0.3 is 0 Å². The van der Waals surface area contributed by atoms with Gasteiger partial charge in [-0.3, -0.25) is 0 Å². The van der Waals surface area contributed by atoms with E-state index in [1.54, 1.807) is 6.33 Å². The quantitative estimate of drug-likeness (QED) is 0.835. The molecular weight excluding hydrogens is 214 g/mol. The molecule has 0 saturated carbocycles. The average molecular weight is 235 g/mol. The summed E-state index contributed by atoms with van der Waals surface area (Å²) in [6.45, 7) is 4.31. The molecule has 1 aliphatic rings. The van der Waals surface area contributed by atoms with E-state index < -0.39 is 0 Å². The SMILES string of the molecule is CC(CO)C(C)Nc1ncnc2c1CCCC2. The van der Waals surface area contributed by atoms with Gasteiger partial charge in [0.15, 0.2) is 0 Å². The van der Waals surface area contributed by atoms with Gasteiger partial charge in [-0.2, -0.15) is 0 Å². The monoisotopic (exact) mass is 235 g/mol. The molecule has 0 aliphatic heterocycles. The molecule has 0 fully saturated rings. The number of nitrogens with one attached hydrogen (secondary N) is 1. The number of aryl methyl sites for hydroxylation is 1. The van der Waals surface area contributed by atoms with Crippen molar-refractivity contribution in [3.05, 3.63) is 17.6 Å². The van der Waals surface area contributed by atoms with Gasteiger partial charge in [0.2, 0.25) is 0 Å². The van der Waals surface area contributed by atoms with Gasteiger partial charge < -0.3 is 10.4 Å². The molecule has 0 saturated heterocycles. The first-order valence-electron chi connectivity index (χ1n) is 6.42. The highest BCUT2D eigenvalue weighted by atomic mass is 16.3. The highest BCUT2D eigenvalue weighted by molar-refractivity contribution is 5.47. The predicted octanol–water partition coefficient (Wildman–Crippen LogP) is 1.78. The lowest BCUT2D eigenvalue weighted by atomic mass is 9.96. The van der Waals surface area contributed by atoms with Crippen LogP contribution in [0.5, 0.6) is 0 Å². The maximum atomic E-state index is 9.15. The molecule has 4 heteroatoms. The molecule has 2 atom stereocenters. The Morgan fingerprint density at radius 1 is 1.29 bits per heavy atom. The van der Waals surface area contributed by atoms with Crippen molar-refractivity contribution in [2.75, 3.05) is 11.9 Å². The molecule has 1 heterocycles. The summed E-state index contributed by atoms with van der Waals surface area (Å²) < 4.78 is 0. The number of fused-ring (bicyclic) bond motifs is 1. The molecule has 1 aromatic rings. The van der Waals surface area contributed by atoms with Crippen molar-refractivity contribution < 1.29 is 5.11 Å². The minimum atomic E-state index is 0.196. The van der Waals surface area contributed by atoms with Crippen molar-refractivity contribution in [2.24, 2.45) is 5.92 Å². The maximum absolute atomic E-state index is 9.15. The standard InChI is InChI=1S/C13H21N3O/c1-9(7-17)10(2)16-13-11-5-3-4-6-12(11)14-8-15-13/h8-10,17H,3-7H2,1-2H3,(H,14,15,16). The lowest BCUT2D eigenvalue weighted by Crippen LogP contribution is -2.28. The first kappa shape index (κ1) is 12.3. The molecule has 2 N–H and O–H groups in total. The van der Waals surface area contributed by atoms with Crippen molar-refractivity contribution in [3.63, 3.8) is 0 Å². The van der Waals surface area contributed by atoms with Gasteiger partial charge in [0.25, 0.3) is 0 Å². The summed E-state index contributed by atoms with van der Waals surface area (Å²) in [5.74, 6) is 1.19. The Balaban J connectivity index is 2.15. The Hall–Kier alpha value is -1.16. The number of hydrogen-bond donors (Lipinski definition) is 2. The summed E-state index contributed by atoms with van der Waals surface area (Å²) in [5, 5.41) is 12.6. The Morgan fingerprint density at radius 2 is 2.06 bits per heavy atom. The van der Waals surface area contributed by atoms with E-state index in [0.29, 0.717) is 0 Å². The van der Waals surface area contributed by atoms with Crippen LogP contribution in [-0.4, -0.2) is 27.7 Å². The molecule has 0 aromatic carbocycles. The van der Waals surface area contributed by atoms with Gasteiger partial charge in [-0.15, -0.1) is 0 Å². The van der Waals surface area contributed by atoms with E-state index in [0.717, 1.165) is 18.7 Å². The predicted molar refractivity (Wildman–Crippen MR) is 68.0 cm³/mol. The van der Waals surface area contributed by atoms with Crippen LogP contribution in [0.15, 0.2) is 6.33 Å². The largest absolute Gasteiger partial charge is 0.396 e. The van der Waals surface area contributed by atoms with Crippen LogP contribution in [0, 0.1) is 5.92 Å². The van der Waals surface area contributed by atoms with E-state index >= 15 is 0 Å². The number of hydrogen-bond acceptors (Lipinski definition) is 4. The first-order valence-corrected chi connectivity index (χ1v) is 6.42. The van der Waals surface area contributed by atoms with Gasteiger partial charge in [0.05, 0.1) is 0 Å². The number of aliphatic hydroxyl groups excluding tert-OH is 1. The second-order valence-corrected chi connectivity index (χ2v) is 4.95. The van der Waals surface area contributed by atoms with Gasteiger partial charge in [-0.25, -0.2) is 9.97 Å². The number of aliphatic hydroxyl groups is 1.